The van der Waals surface area contributed by atoms with Gasteiger partial charge in [-0.3, -0.25) is 20.4 Å². The van der Waals surface area contributed by atoms with Gasteiger partial charge in [0.2, 0.25) is 5.91 Å². The number of nitrogens with one attached hydrogen (secondary N) is 2. The summed E-state index contributed by atoms with van der Waals surface area (Å²) in [4.78, 5) is 27.4. The van der Waals surface area contributed by atoms with Gasteiger partial charge in [0.25, 0.3) is 5.91 Å². The lowest BCUT2D eigenvalue weighted by Gasteiger charge is -2.10. The number of anilines is 1. The summed E-state index contributed by atoms with van der Waals surface area (Å²) < 4.78 is 1.85. The first-order valence-electron chi connectivity index (χ1n) is 7.32. The summed E-state index contributed by atoms with van der Waals surface area (Å²) in [6.07, 6.45) is 2.80. The summed E-state index contributed by atoms with van der Waals surface area (Å²) in [6, 6.07) is 5.52. The Balaban J connectivity index is 2.30. The number of benzene rings is 1. The molecule has 1 aromatic heterocycles. The van der Waals surface area contributed by atoms with Gasteiger partial charge in [0.05, 0.1) is 11.2 Å². The van der Waals surface area contributed by atoms with Gasteiger partial charge in [0.1, 0.15) is 17.9 Å². The Morgan fingerprint density at radius 2 is 2.09 bits per heavy atom. The number of hydrogen-bond acceptors (Lipinski definition) is 4. The highest BCUT2D eigenvalue weighted by atomic mass is 16.2. The van der Waals surface area contributed by atoms with Crippen molar-refractivity contribution < 1.29 is 9.59 Å². The maximum Gasteiger partial charge on any atom is 0.258 e. The van der Waals surface area contributed by atoms with Gasteiger partial charge in [0, 0.05) is 13.3 Å². The van der Waals surface area contributed by atoms with E-state index >= 15 is 0 Å². The van der Waals surface area contributed by atoms with Gasteiger partial charge < -0.3 is 10.3 Å². The highest BCUT2D eigenvalue weighted by molar-refractivity contribution is 5.89. The second kappa shape index (κ2) is 6.93. The zero-order valence-corrected chi connectivity index (χ0v) is 12.8. The number of fused-ring (bicyclic) bond motifs is 1. The SMILES string of the molecule is CCCCc1nc2c(N)cccc2n1CC(=O)NNC(C)=O. The molecule has 2 rings (SSSR count). The monoisotopic (exact) mass is 303 g/mol. The number of para-hydroxylation sites is 1. The van der Waals surface area contributed by atoms with Crippen molar-refractivity contribution in [3.63, 3.8) is 0 Å². The van der Waals surface area contributed by atoms with Gasteiger partial charge in [0.15, 0.2) is 0 Å². The summed E-state index contributed by atoms with van der Waals surface area (Å²) in [5, 5.41) is 0. The molecule has 0 atom stereocenters. The summed E-state index contributed by atoms with van der Waals surface area (Å²) in [7, 11) is 0. The average molecular weight is 303 g/mol. The molecular formula is C15H21N5O2. The Morgan fingerprint density at radius 3 is 2.77 bits per heavy atom. The number of nitrogens with two attached hydrogens (primary N) is 1. The van der Waals surface area contributed by atoms with Crippen LogP contribution >= 0.6 is 0 Å². The summed E-state index contributed by atoms with van der Waals surface area (Å²) in [5.74, 6) is 0.196. The van der Waals surface area contributed by atoms with Crippen molar-refractivity contribution in [2.45, 2.75) is 39.7 Å². The zero-order valence-electron chi connectivity index (χ0n) is 12.8. The zero-order chi connectivity index (χ0) is 16.1. The number of hydrazine groups is 1. The van der Waals surface area contributed by atoms with Crippen LogP contribution in [0.2, 0.25) is 0 Å². The number of amides is 2. The quantitative estimate of drug-likeness (QED) is 0.569. The predicted octanol–water partition coefficient (Wildman–Crippen LogP) is 1.13. The first-order chi connectivity index (χ1) is 10.5. The molecule has 0 aliphatic rings. The van der Waals surface area contributed by atoms with Crippen LogP contribution in [-0.4, -0.2) is 21.4 Å². The minimum absolute atomic E-state index is 0.0826. The number of aromatic nitrogens is 2. The molecule has 2 amide bonds. The number of unbranched alkanes of at least 4 members (excludes halogenated alkanes) is 1. The molecule has 0 unspecified atom stereocenters. The van der Waals surface area contributed by atoms with Crippen molar-refractivity contribution in [1.82, 2.24) is 20.4 Å². The lowest BCUT2D eigenvalue weighted by atomic mass is 10.2. The third-order valence-electron chi connectivity index (χ3n) is 3.32. The average Bonchev–Trinajstić information content (AvgIpc) is 2.82. The smallest absolute Gasteiger partial charge is 0.258 e. The molecule has 2 aromatic rings. The molecule has 0 saturated heterocycles. The van der Waals surface area contributed by atoms with E-state index in [0.29, 0.717) is 11.2 Å². The molecule has 0 saturated carbocycles. The van der Waals surface area contributed by atoms with E-state index in [0.717, 1.165) is 30.6 Å². The predicted molar refractivity (Wildman–Crippen MR) is 84.7 cm³/mol. The van der Waals surface area contributed by atoms with Crippen LogP contribution in [0, 0.1) is 0 Å². The van der Waals surface area contributed by atoms with Crippen LogP contribution in [0.3, 0.4) is 0 Å². The lowest BCUT2D eigenvalue weighted by molar-refractivity contribution is -0.128. The molecule has 4 N–H and O–H groups in total. The summed E-state index contributed by atoms with van der Waals surface area (Å²) in [5.41, 5.74) is 12.7. The van der Waals surface area contributed by atoms with E-state index in [9.17, 15) is 9.59 Å². The van der Waals surface area contributed by atoms with Crippen molar-refractivity contribution >= 4 is 28.5 Å². The van der Waals surface area contributed by atoms with Crippen LogP contribution < -0.4 is 16.6 Å². The van der Waals surface area contributed by atoms with Gasteiger partial charge in [-0.2, -0.15) is 0 Å². The van der Waals surface area contributed by atoms with Crippen LogP contribution in [0.4, 0.5) is 5.69 Å². The van der Waals surface area contributed by atoms with Crippen molar-refractivity contribution in [2.24, 2.45) is 0 Å². The fourth-order valence-electron chi connectivity index (χ4n) is 2.26. The van der Waals surface area contributed by atoms with Crippen molar-refractivity contribution in [2.75, 3.05) is 5.73 Å². The fraction of sp³-hybridized carbons (Fsp3) is 0.400. The normalized spacial score (nSPS) is 10.6. The van der Waals surface area contributed by atoms with E-state index in [1.165, 1.54) is 6.92 Å². The van der Waals surface area contributed by atoms with Crippen LogP contribution in [0.15, 0.2) is 18.2 Å². The van der Waals surface area contributed by atoms with Crippen LogP contribution in [0.25, 0.3) is 11.0 Å². The minimum Gasteiger partial charge on any atom is -0.397 e. The number of carbonyl (C=O) groups is 2. The Morgan fingerprint density at radius 1 is 1.32 bits per heavy atom. The number of nitrogens with zero attached hydrogens (tertiary/aromatic N) is 2. The fourth-order valence-corrected chi connectivity index (χ4v) is 2.26. The van der Waals surface area contributed by atoms with Gasteiger partial charge in [-0.25, -0.2) is 4.98 Å². The number of rotatable bonds is 5. The largest absolute Gasteiger partial charge is 0.397 e. The van der Waals surface area contributed by atoms with Gasteiger partial charge in [-0.15, -0.1) is 0 Å². The molecule has 118 valence electrons. The minimum atomic E-state index is -0.320. The standard InChI is InChI=1S/C15H21N5O2/c1-3-4-8-13-17-15-11(16)6-5-7-12(15)20(13)9-14(22)19-18-10(2)21/h5-7H,3-4,8-9,16H2,1-2H3,(H,18,21)(H,19,22). The van der Waals surface area contributed by atoms with Crippen molar-refractivity contribution in [3.8, 4) is 0 Å². The number of hydrogen-bond donors (Lipinski definition) is 3. The van der Waals surface area contributed by atoms with E-state index < -0.39 is 0 Å². The molecular weight excluding hydrogens is 282 g/mol. The molecule has 0 bridgehead atoms. The molecule has 22 heavy (non-hydrogen) atoms. The van der Waals surface area contributed by atoms with Crippen LogP contribution in [0.1, 0.15) is 32.5 Å². The van der Waals surface area contributed by atoms with E-state index in [4.69, 9.17) is 5.73 Å². The second-order valence-electron chi connectivity index (χ2n) is 5.16. The molecule has 1 heterocycles. The van der Waals surface area contributed by atoms with Gasteiger partial charge in [-0.05, 0) is 18.6 Å². The molecule has 0 aliphatic heterocycles. The summed E-state index contributed by atoms with van der Waals surface area (Å²) in [6.45, 7) is 3.52. The number of aryl methyl sites for hydroxylation is 1. The van der Waals surface area contributed by atoms with Gasteiger partial charge in [-0.1, -0.05) is 19.4 Å². The summed E-state index contributed by atoms with van der Waals surface area (Å²) >= 11 is 0. The van der Waals surface area contributed by atoms with Crippen molar-refractivity contribution in [1.29, 1.82) is 0 Å². The van der Waals surface area contributed by atoms with E-state index in [-0.39, 0.29) is 18.4 Å². The third-order valence-corrected chi connectivity index (χ3v) is 3.32. The Kier molecular flexibility index (Phi) is 4.98. The van der Waals surface area contributed by atoms with Crippen LogP contribution in [0.5, 0.6) is 0 Å². The van der Waals surface area contributed by atoms with E-state index in [1.54, 1.807) is 6.07 Å². The molecule has 1 aromatic carbocycles. The maximum absolute atomic E-state index is 12.0. The van der Waals surface area contributed by atoms with E-state index in [1.807, 2.05) is 16.7 Å². The molecule has 0 radical (unpaired) electrons. The molecule has 7 nitrogen and oxygen atoms in total. The first kappa shape index (κ1) is 15.8. The third kappa shape index (κ3) is 3.55. The molecule has 0 fully saturated rings. The maximum atomic E-state index is 12.0. The van der Waals surface area contributed by atoms with Gasteiger partial charge >= 0.3 is 0 Å². The topological polar surface area (TPSA) is 102 Å². The number of carbonyl (C=O) groups excluding carboxylic acids is 2. The second-order valence-corrected chi connectivity index (χ2v) is 5.16. The van der Waals surface area contributed by atoms with E-state index in [2.05, 4.69) is 22.8 Å². The molecule has 0 spiro atoms. The highest BCUT2D eigenvalue weighted by Gasteiger charge is 2.15. The van der Waals surface area contributed by atoms with Crippen molar-refractivity contribution in [3.05, 3.63) is 24.0 Å². The Hall–Kier alpha value is -2.57. The molecule has 7 heteroatoms. The lowest BCUT2D eigenvalue weighted by Crippen LogP contribution is -2.42. The molecule has 0 aliphatic carbocycles. The van der Waals surface area contributed by atoms with Crippen LogP contribution in [-0.2, 0) is 22.6 Å². The highest BCUT2D eigenvalue weighted by Crippen LogP contribution is 2.22. The first-order valence-corrected chi connectivity index (χ1v) is 7.32. The Bertz CT molecular complexity index is 693. The number of imidazole rings is 1. The Labute approximate surface area is 128 Å². The number of nitrogen functional groups attached to an aromatic ring is 1.